The summed E-state index contributed by atoms with van der Waals surface area (Å²) in [6, 6.07) is 10.4. The first kappa shape index (κ1) is 15.9. The summed E-state index contributed by atoms with van der Waals surface area (Å²) >= 11 is 6.09. The van der Waals surface area contributed by atoms with Gasteiger partial charge in [0.05, 0.1) is 11.4 Å². The van der Waals surface area contributed by atoms with Crippen LogP contribution in [0.25, 0.3) is 0 Å². The van der Waals surface area contributed by atoms with Crippen molar-refractivity contribution in [2.75, 3.05) is 6.54 Å². The zero-order valence-electron chi connectivity index (χ0n) is 12.9. The molecule has 0 aliphatic heterocycles. The van der Waals surface area contributed by atoms with Gasteiger partial charge in [-0.1, -0.05) is 30.7 Å². The first-order valence-corrected chi connectivity index (χ1v) is 7.76. The zero-order chi connectivity index (χ0) is 15.2. The van der Waals surface area contributed by atoms with Crippen molar-refractivity contribution in [1.29, 1.82) is 0 Å². The van der Waals surface area contributed by atoms with Crippen LogP contribution in [0.4, 0.5) is 0 Å². The molecule has 0 saturated heterocycles. The summed E-state index contributed by atoms with van der Waals surface area (Å²) in [6.45, 7) is 7.14. The van der Waals surface area contributed by atoms with Gasteiger partial charge in [-0.05, 0) is 62.6 Å². The molecule has 2 rings (SSSR count). The highest BCUT2D eigenvalue weighted by molar-refractivity contribution is 6.30. The van der Waals surface area contributed by atoms with Crippen LogP contribution in [0.15, 0.2) is 30.3 Å². The fourth-order valence-electron chi connectivity index (χ4n) is 2.43. The fourth-order valence-corrected chi connectivity index (χ4v) is 2.65. The van der Waals surface area contributed by atoms with Crippen molar-refractivity contribution >= 4 is 11.6 Å². The molecule has 0 saturated carbocycles. The molecule has 1 aromatic carbocycles. The van der Waals surface area contributed by atoms with E-state index in [1.807, 2.05) is 32.0 Å². The SMILES string of the molecule is CCCNC(Cc1cccc(Cl)c1)c1cc(C)nnc1C. The number of aryl methyl sites for hydroxylation is 2. The number of aromatic nitrogens is 2. The van der Waals surface area contributed by atoms with Crippen LogP contribution in [0.2, 0.25) is 5.02 Å². The van der Waals surface area contributed by atoms with Gasteiger partial charge in [0.15, 0.2) is 0 Å². The molecule has 21 heavy (non-hydrogen) atoms. The summed E-state index contributed by atoms with van der Waals surface area (Å²) in [6.07, 6.45) is 2.00. The largest absolute Gasteiger partial charge is 0.310 e. The molecule has 0 radical (unpaired) electrons. The first-order chi connectivity index (χ1) is 10.1. The normalized spacial score (nSPS) is 12.4. The monoisotopic (exact) mass is 303 g/mol. The van der Waals surface area contributed by atoms with Crippen LogP contribution >= 0.6 is 11.6 Å². The van der Waals surface area contributed by atoms with Crippen molar-refractivity contribution in [3.8, 4) is 0 Å². The average molecular weight is 304 g/mol. The van der Waals surface area contributed by atoms with E-state index in [2.05, 4.69) is 34.6 Å². The summed E-state index contributed by atoms with van der Waals surface area (Å²) in [7, 11) is 0. The van der Waals surface area contributed by atoms with E-state index in [4.69, 9.17) is 11.6 Å². The number of nitrogens with zero attached hydrogens (tertiary/aromatic N) is 2. The highest BCUT2D eigenvalue weighted by atomic mass is 35.5. The third-order valence-electron chi connectivity index (χ3n) is 3.48. The Balaban J connectivity index is 2.27. The lowest BCUT2D eigenvalue weighted by Crippen LogP contribution is -2.25. The summed E-state index contributed by atoms with van der Waals surface area (Å²) < 4.78 is 0. The zero-order valence-corrected chi connectivity index (χ0v) is 13.6. The first-order valence-electron chi connectivity index (χ1n) is 7.38. The second kappa shape index (κ2) is 7.53. The number of nitrogens with one attached hydrogen (secondary N) is 1. The molecule has 1 atom stereocenters. The summed E-state index contributed by atoms with van der Waals surface area (Å²) in [5, 5.41) is 12.8. The van der Waals surface area contributed by atoms with Gasteiger partial charge in [0.25, 0.3) is 0 Å². The predicted molar refractivity (Wildman–Crippen MR) is 87.7 cm³/mol. The molecule has 0 fully saturated rings. The molecule has 0 spiro atoms. The lowest BCUT2D eigenvalue weighted by atomic mass is 9.97. The van der Waals surface area contributed by atoms with E-state index < -0.39 is 0 Å². The predicted octanol–water partition coefficient (Wildman–Crippen LogP) is 4.03. The standard InChI is InChI=1S/C17H22ClN3/c1-4-8-19-17(11-14-6-5-7-15(18)10-14)16-9-12(2)20-21-13(16)3/h5-7,9-10,17,19H,4,8,11H2,1-3H3. The van der Waals surface area contributed by atoms with Crippen molar-refractivity contribution in [1.82, 2.24) is 15.5 Å². The molecule has 1 aromatic heterocycles. The van der Waals surface area contributed by atoms with E-state index >= 15 is 0 Å². The van der Waals surface area contributed by atoms with Crippen LogP contribution in [-0.4, -0.2) is 16.7 Å². The molecular weight excluding hydrogens is 282 g/mol. The van der Waals surface area contributed by atoms with E-state index in [1.165, 1.54) is 11.1 Å². The number of rotatable bonds is 6. The topological polar surface area (TPSA) is 37.8 Å². The van der Waals surface area contributed by atoms with Crippen molar-refractivity contribution < 1.29 is 0 Å². The second-order valence-corrected chi connectivity index (χ2v) is 5.80. The van der Waals surface area contributed by atoms with Crippen LogP contribution in [-0.2, 0) is 6.42 Å². The van der Waals surface area contributed by atoms with Crippen molar-refractivity contribution in [3.63, 3.8) is 0 Å². The maximum atomic E-state index is 6.09. The molecule has 0 aliphatic rings. The molecule has 3 nitrogen and oxygen atoms in total. The maximum Gasteiger partial charge on any atom is 0.0648 e. The Morgan fingerprint density at radius 3 is 2.71 bits per heavy atom. The van der Waals surface area contributed by atoms with E-state index in [0.29, 0.717) is 0 Å². The Labute approximate surface area is 131 Å². The Hall–Kier alpha value is -1.45. The third-order valence-corrected chi connectivity index (χ3v) is 3.72. The Bertz CT molecular complexity index is 598. The van der Waals surface area contributed by atoms with Gasteiger partial charge in [0, 0.05) is 11.1 Å². The van der Waals surface area contributed by atoms with Crippen molar-refractivity contribution in [2.24, 2.45) is 0 Å². The van der Waals surface area contributed by atoms with Gasteiger partial charge < -0.3 is 5.32 Å². The Morgan fingerprint density at radius 1 is 1.19 bits per heavy atom. The molecule has 2 aromatic rings. The van der Waals surface area contributed by atoms with Gasteiger partial charge in [0.1, 0.15) is 0 Å². The minimum Gasteiger partial charge on any atom is -0.310 e. The minimum absolute atomic E-state index is 0.234. The maximum absolute atomic E-state index is 6.09. The molecular formula is C17H22ClN3. The second-order valence-electron chi connectivity index (χ2n) is 5.37. The van der Waals surface area contributed by atoms with Gasteiger partial charge in [-0.2, -0.15) is 10.2 Å². The molecule has 0 amide bonds. The van der Waals surface area contributed by atoms with Crippen LogP contribution in [0.1, 0.15) is 41.9 Å². The minimum atomic E-state index is 0.234. The average Bonchev–Trinajstić information content (AvgIpc) is 2.46. The van der Waals surface area contributed by atoms with E-state index in [0.717, 1.165) is 35.8 Å². The quantitative estimate of drug-likeness (QED) is 0.875. The number of hydrogen-bond donors (Lipinski definition) is 1. The molecule has 4 heteroatoms. The number of halogens is 1. The van der Waals surface area contributed by atoms with E-state index in [1.54, 1.807) is 0 Å². The van der Waals surface area contributed by atoms with Gasteiger partial charge >= 0.3 is 0 Å². The Kier molecular flexibility index (Phi) is 5.71. The van der Waals surface area contributed by atoms with Crippen LogP contribution in [0.3, 0.4) is 0 Å². The van der Waals surface area contributed by atoms with E-state index in [9.17, 15) is 0 Å². The van der Waals surface area contributed by atoms with Gasteiger partial charge in [-0.25, -0.2) is 0 Å². The molecule has 1 unspecified atom stereocenters. The van der Waals surface area contributed by atoms with E-state index in [-0.39, 0.29) is 6.04 Å². The van der Waals surface area contributed by atoms with Crippen LogP contribution < -0.4 is 5.32 Å². The van der Waals surface area contributed by atoms with Crippen LogP contribution in [0, 0.1) is 13.8 Å². The van der Waals surface area contributed by atoms with Crippen molar-refractivity contribution in [2.45, 2.75) is 39.7 Å². The molecule has 0 bridgehead atoms. The summed E-state index contributed by atoms with van der Waals surface area (Å²) in [5.41, 5.74) is 4.38. The van der Waals surface area contributed by atoms with Gasteiger partial charge in [-0.3, -0.25) is 0 Å². The van der Waals surface area contributed by atoms with Gasteiger partial charge in [-0.15, -0.1) is 0 Å². The molecule has 1 heterocycles. The van der Waals surface area contributed by atoms with Crippen molar-refractivity contribution in [3.05, 3.63) is 57.9 Å². The fraction of sp³-hybridized carbons (Fsp3) is 0.412. The lowest BCUT2D eigenvalue weighted by molar-refractivity contribution is 0.523. The summed E-state index contributed by atoms with van der Waals surface area (Å²) in [5.74, 6) is 0. The third kappa shape index (κ3) is 4.51. The molecule has 112 valence electrons. The smallest absolute Gasteiger partial charge is 0.0648 e. The Morgan fingerprint density at radius 2 is 2.00 bits per heavy atom. The summed E-state index contributed by atoms with van der Waals surface area (Å²) in [4.78, 5) is 0. The highest BCUT2D eigenvalue weighted by Crippen LogP contribution is 2.22. The molecule has 1 N–H and O–H groups in total. The highest BCUT2D eigenvalue weighted by Gasteiger charge is 2.15. The number of benzene rings is 1. The van der Waals surface area contributed by atoms with Crippen LogP contribution in [0.5, 0.6) is 0 Å². The number of hydrogen-bond acceptors (Lipinski definition) is 3. The van der Waals surface area contributed by atoms with Gasteiger partial charge in [0.2, 0.25) is 0 Å². The molecule has 0 aliphatic carbocycles. The lowest BCUT2D eigenvalue weighted by Gasteiger charge is -2.21.